The van der Waals surface area contributed by atoms with E-state index in [1.165, 1.54) is 5.56 Å². The number of rotatable bonds is 8. The summed E-state index contributed by atoms with van der Waals surface area (Å²) in [5.74, 6) is 1.77. The molecular formula is C26H24ClNO3. The third-order valence-electron chi connectivity index (χ3n) is 4.67. The summed E-state index contributed by atoms with van der Waals surface area (Å²) in [7, 11) is 1.61. The molecule has 0 aliphatic carbocycles. The predicted molar refractivity (Wildman–Crippen MR) is 125 cm³/mol. The van der Waals surface area contributed by atoms with Crippen LogP contribution in [0, 0.1) is 18.3 Å². The highest BCUT2D eigenvalue weighted by Gasteiger charge is 2.13. The van der Waals surface area contributed by atoms with Gasteiger partial charge in [0.2, 0.25) is 0 Å². The number of benzene rings is 3. The third-order valence-corrected chi connectivity index (χ3v) is 4.95. The minimum absolute atomic E-state index is 0.380. The second kappa shape index (κ2) is 10.6. The fourth-order valence-electron chi connectivity index (χ4n) is 3.03. The zero-order valence-electron chi connectivity index (χ0n) is 17.8. The SMILES string of the molecule is CCOc1cc(/C=C(\C#N)c2ccc(OC)cc2)cc(Cl)c1OCc1ccc(C)cc1. The van der Waals surface area contributed by atoms with Crippen molar-refractivity contribution in [2.75, 3.05) is 13.7 Å². The van der Waals surface area contributed by atoms with Gasteiger partial charge in [-0.2, -0.15) is 5.26 Å². The van der Waals surface area contributed by atoms with Gasteiger partial charge >= 0.3 is 0 Å². The van der Waals surface area contributed by atoms with Crippen molar-refractivity contribution >= 4 is 23.3 Å². The van der Waals surface area contributed by atoms with Gasteiger partial charge in [-0.05, 0) is 73.0 Å². The lowest BCUT2D eigenvalue weighted by Crippen LogP contribution is -2.01. The van der Waals surface area contributed by atoms with E-state index < -0.39 is 0 Å². The highest BCUT2D eigenvalue weighted by molar-refractivity contribution is 6.32. The Morgan fingerprint density at radius 1 is 1.03 bits per heavy atom. The maximum atomic E-state index is 9.66. The van der Waals surface area contributed by atoms with Crippen molar-refractivity contribution in [2.45, 2.75) is 20.5 Å². The van der Waals surface area contributed by atoms with Crippen molar-refractivity contribution in [3.05, 3.63) is 87.9 Å². The zero-order valence-corrected chi connectivity index (χ0v) is 18.6. The van der Waals surface area contributed by atoms with Crippen LogP contribution in [0.15, 0.2) is 60.7 Å². The topological polar surface area (TPSA) is 51.5 Å². The number of nitriles is 1. The molecular weight excluding hydrogens is 410 g/mol. The van der Waals surface area contributed by atoms with E-state index in [1.54, 1.807) is 19.3 Å². The predicted octanol–water partition coefficient (Wildman–Crippen LogP) is 6.70. The molecule has 0 heterocycles. The smallest absolute Gasteiger partial charge is 0.180 e. The second-order valence-electron chi connectivity index (χ2n) is 6.94. The Bertz CT molecular complexity index is 1100. The molecule has 0 N–H and O–H groups in total. The van der Waals surface area contributed by atoms with Crippen LogP contribution in [0.5, 0.6) is 17.2 Å². The van der Waals surface area contributed by atoms with Gasteiger partial charge in [0.25, 0.3) is 0 Å². The van der Waals surface area contributed by atoms with E-state index in [4.69, 9.17) is 25.8 Å². The molecule has 0 aromatic heterocycles. The van der Waals surface area contributed by atoms with Gasteiger partial charge in [0.05, 0.1) is 30.4 Å². The summed E-state index contributed by atoms with van der Waals surface area (Å²) >= 11 is 6.54. The molecule has 0 aliphatic heterocycles. The Hall–Kier alpha value is -3.42. The summed E-state index contributed by atoms with van der Waals surface area (Å²) in [4.78, 5) is 0. The largest absolute Gasteiger partial charge is 0.497 e. The van der Waals surface area contributed by atoms with Crippen LogP contribution in [0.3, 0.4) is 0 Å². The second-order valence-corrected chi connectivity index (χ2v) is 7.34. The zero-order chi connectivity index (χ0) is 22.2. The minimum atomic E-state index is 0.380. The average molecular weight is 434 g/mol. The average Bonchev–Trinajstić information content (AvgIpc) is 2.78. The number of halogens is 1. The van der Waals surface area contributed by atoms with Crippen molar-refractivity contribution < 1.29 is 14.2 Å². The number of methoxy groups -OCH3 is 1. The van der Waals surface area contributed by atoms with Gasteiger partial charge in [0.15, 0.2) is 11.5 Å². The normalized spacial score (nSPS) is 11.0. The Morgan fingerprint density at radius 3 is 2.35 bits per heavy atom. The van der Waals surface area contributed by atoms with E-state index in [9.17, 15) is 5.26 Å². The van der Waals surface area contributed by atoms with Gasteiger partial charge in [-0.3, -0.25) is 0 Å². The quantitative estimate of drug-likeness (QED) is 0.293. The summed E-state index contributed by atoms with van der Waals surface area (Å²) in [6, 6.07) is 21.3. The van der Waals surface area contributed by atoms with Gasteiger partial charge in [-0.25, -0.2) is 0 Å². The monoisotopic (exact) mass is 433 g/mol. The van der Waals surface area contributed by atoms with E-state index in [2.05, 4.69) is 6.07 Å². The van der Waals surface area contributed by atoms with E-state index in [0.29, 0.717) is 35.3 Å². The fourth-order valence-corrected chi connectivity index (χ4v) is 3.31. The first-order chi connectivity index (χ1) is 15.0. The first-order valence-electron chi connectivity index (χ1n) is 9.95. The summed E-state index contributed by atoms with van der Waals surface area (Å²) in [5, 5.41) is 10.1. The molecule has 3 aromatic rings. The maximum Gasteiger partial charge on any atom is 0.180 e. The van der Waals surface area contributed by atoms with Crippen LogP contribution in [0.25, 0.3) is 11.6 Å². The van der Waals surface area contributed by atoms with Crippen molar-refractivity contribution in [1.82, 2.24) is 0 Å². The number of ether oxygens (including phenoxy) is 3. The molecule has 0 amide bonds. The van der Waals surface area contributed by atoms with Crippen molar-refractivity contribution in [3.63, 3.8) is 0 Å². The summed E-state index contributed by atoms with van der Waals surface area (Å²) in [6.45, 7) is 4.79. The summed E-state index contributed by atoms with van der Waals surface area (Å²) < 4.78 is 16.9. The molecule has 5 heteroatoms. The molecule has 158 valence electrons. The lowest BCUT2D eigenvalue weighted by molar-refractivity contribution is 0.269. The molecule has 0 fully saturated rings. The van der Waals surface area contributed by atoms with Crippen molar-refractivity contribution in [3.8, 4) is 23.3 Å². The number of allylic oxidation sites excluding steroid dienone is 1. The molecule has 0 radical (unpaired) electrons. The van der Waals surface area contributed by atoms with Crippen LogP contribution >= 0.6 is 11.6 Å². The lowest BCUT2D eigenvalue weighted by Gasteiger charge is -2.15. The number of hydrogen-bond donors (Lipinski definition) is 0. The molecule has 0 unspecified atom stereocenters. The third kappa shape index (κ3) is 5.81. The Kier molecular flexibility index (Phi) is 7.59. The Morgan fingerprint density at radius 2 is 1.74 bits per heavy atom. The van der Waals surface area contributed by atoms with E-state index in [1.807, 2.05) is 68.4 Å². The molecule has 0 saturated carbocycles. The van der Waals surface area contributed by atoms with Crippen LogP contribution in [0.1, 0.15) is 29.2 Å². The van der Waals surface area contributed by atoms with Crippen molar-refractivity contribution in [2.24, 2.45) is 0 Å². The minimum Gasteiger partial charge on any atom is -0.497 e. The van der Waals surface area contributed by atoms with Gasteiger partial charge in [0.1, 0.15) is 12.4 Å². The molecule has 0 saturated heterocycles. The fraction of sp³-hybridized carbons (Fsp3) is 0.192. The van der Waals surface area contributed by atoms with E-state index in [-0.39, 0.29) is 0 Å². The van der Waals surface area contributed by atoms with Crippen LogP contribution < -0.4 is 14.2 Å². The Balaban J connectivity index is 1.89. The lowest BCUT2D eigenvalue weighted by atomic mass is 10.0. The van der Waals surface area contributed by atoms with Crippen LogP contribution in [0.4, 0.5) is 0 Å². The molecule has 31 heavy (non-hydrogen) atoms. The van der Waals surface area contributed by atoms with Crippen LogP contribution in [0.2, 0.25) is 5.02 Å². The maximum absolute atomic E-state index is 9.66. The first-order valence-corrected chi connectivity index (χ1v) is 10.3. The molecule has 0 spiro atoms. The molecule has 0 atom stereocenters. The van der Waals surface area contributed by atoms with Crippen molar-refractivity contribution in [1.29, 1.82) is 5.26 Å². The summed E-state index contributed by atoms with van der Waals surface area (Å²) in [5.41, 5.74) is 4.28. The van der Waals surface area contributed by atoms with Gasteiger partial charge < -0.3 is 14.2 Å². The molecule has 3 aromatic carbocycles. The van der Waals surface area contributed by atoms with Crippen LogP contribution in [-0.4, -0.2) is 13.7 Å². The number of hydrogen-bond acceptors (Lipinski definition) is 4. The van der Waals surface area contributed by atoms with E-state index in [0.717, 1.165) is 22.4 Å². The van der Waals surface area contributed by atoms with Crippen LogP contribution in [-0.2, 0) is 6.61 Å². The molecule has 0 bridgehead atoms. The highest BCUT2D eigenvalue weighted by atomic mass is 35.5. The Labute approximate surface area is 188 Å². The molecule has 4 nitrogen and oxygen atoms in total. The first kappa shape index (κ1) is 22.3. The summed E-state index contributed by atoms with van der Waals surface area (Å²) in [6.07, 6.45) is 1.78. The van der Waals surface area contributed by atoms with Gasteiger partial charge in [-0.1, -0.05) is 41.4 Å². The van der Waals surface area contributed by atoms with Gasteiger partial charge in [-0.15, -0.1) is 0 Å². The highest BCUT2D eigenvalue weighted by Crippen LogP contribution is 2.38. The number of aryl methyl sites for hydroxylation is 1. The molecule has 3 rings (SSSR count). The van der Waals surface area contributed by atoms with E-state index >= 15 is 0 Å². The number of nitrogens with zero attached hydrogens (tertiary/aromatic N) is 1. The molecule has 0 aliphatic rings. The van der Waals surface area contributed by atoms with Gasteiger partial charge in [0, 0.05) is 0 Å². The standard InChI is InChI=1S/C26H24ClNO3/c1-4-30-25-15-20(13-22(16-28)21-9-11-23(29-3)12-10-21)14-24(27)26(25)31-17-19-7-5-18(2)6-8-19/h5-15H,4,17H2,1-3H3/b22-13+.